The van der Waals surface area contributed by atoms with Gasteiger partial charge in [0.05, 0.1) is 17.2 Å². The zero-order valence-corrected chi connectivity index (χ0v) is 13.3. The van der Waals surface area contributed by atoms with E-state index < -0.39 is 0 Å². The van der Waals surface area contributed by atoms with Gasteiger partial charge in [-0.15, -0.1) is 0 Å². The highest BCUT2D eigenvalue weighted by Gasteiger charge is 2.05. The average Bonchev–Trinajstić information content (AvgIpc) is 2.40. The van der Waals surface area contributed by atoms with Crippen LogP contribution >= 0.6 is 39.1 Å². The molecule has 0 spiro atoms. The molecule has 0 fully saturated rings. The molecule has 1 N–H and O–H groups in total. The fourth-order valence-corrected chi connectivity index (χ4v) is 2.52. The first-order valence-corrected chi connectivity index (χ1v) is 7.16. The van der Waals surface area contributed by atoms with Crippen LogP contribution in [-0.4, -0.2) is 7.11 Å². The van der Waals surface area contributed by atoms with E-state index in [1.165, 1.54) is 0 Å². The highest BCUT2D eigenvalue weighted by atomic mass is 79.9. The topological polar surface area (TPSA) is 21.3 Å². The normalized spacial score (nSPS) is 10.3. The Balaban J connectivity index is 2.14. The number of methoxy groups -OCH3 is 1. The number of halogens is 3. The van der Waals surface area contributed by atoms with Gasteiger partial charge in [0.25, 0.3) is 0 Å². The van der Waals surface area contributed by atoms with Crippen LogP contribution in [0.15, 0.2) is 40.9 Å². The Morgan fingerprint density at radius 3 is 2.74 bits per heavy atom. The number of rotatable bonds is 4. The molecule has 0 saturated heterocycles. The molecule has 5 heteroatoms. The average molecular weight is 361 g/mol. The van der Waals surface area contributed by atoms with E-state index in [1.54, 1.807) is 13.2 Å². The van der Waals surface area contributed by atoms with E-state index in [1.807, 2.05) is 30.3 Å². The third kappa shape index (κ3) is 3.78. The molecule has 0 aliphatic rings. The summed E-state index contributed by atoms with van der Waals surface area (Å²) in [6.07, 6.45) is 0. The van der Waals surface area contributed by atoms with Crippen LogP contribution in [-0.2, 0) is 6.54 Å². The highest BCUT2D eigenvalue weighted by molar-refractivity contribution is 9.10. The minimum Gasteiger partial charge on any atom is -0.497 e. The zero-order valence-electron chi connectivity index (χ0n) is 10.2. The van der Waals surface area contributed by atoms with Crippen molar-refractivity contribution >= 4 is 44.8 Å². The Kier molecular flexibility index (Phi) is 4.97. The van der Waals surface area contributed by atoms with Crippen LogP contribution in [0.1, 0.15) is 5.56 Å². The summed E-state index contributed by atoms with van der Waals surface area (Å²) < 4.78 is 6.16. The maximum absolute atomic E-state index is 6.14. The lowest BCUT2D eigenvalue weighted by molar-refractivity contribution is 0.414. The molecular formula is C14H12BrCl2NO. The minimum absolute atomic E-state index is 0.563. The first kappa shape index (κ1) is 14.5. The monoisotopic (exact) mass is 359 g/mol. The Bertz CT molecular complexity index is 590. The number of ether oxygens (including phenoxy) is 1. The molecule has 0 atom stereocenters. The van der Waals surface area contributed by atoms with Gasteiger partial charge in [0.1, 0.15) is 5.75 Å². The third-order valence-corrected chi connectivity index (χ3v) is 3.94. The van der Waals surface area contributed by atoms with Gasteiger partial charge in [0, 0.05) is 22.8 Å². The van der Waals surface area contributed by atoms with Crippen LogP contribution < -0.4 is 10.1 Å². The van der Waals surface area contributed by atoms with Crippen molar-refractivity contribution < 1.29 is 4.74 Å². The zero-order chi connectivity index (χ0) is 13.8. The van der Waals surface area contributed by atoms with Gasteiger partial charge in [-0.2, -0.15) is 0 Å². The minimum atomic E-state index is 0.563. The highest BCUT2D eigenvalue weighted by Crippen LogP contribution is 2.28. The maximum atomic E-state index is 6.14. The maximum Gasteiger partial charge on any atom is 0.122 e. The van der Waals surface area contributed by atoms with Crippen LogP contribution in [0, 0.1) is 0 Å². The third-order valence-electron chi connectivity index (χ3n) is 2.62. The molecule has 100 valence electrons. The molecule has 0 heterocycles. The van der Waals surface area contributed by atoms with Gasteiger partial charge in [-0.25, -0.2) is 0 Å². The lowest BCUT2D eigenvalue weighted by atomic mass is 10.2. The van der Waals surface area contributed by atoms with E-state index in [-0.39, 0.29) is 0 Å². The van der Waals surface area contributed by atoms with Gasteiger partial charge in [-0.3, -0.25) is 0 Å². The van der Waals surface area contributed by atoms with Crippen molar-refractivity contribution in [3.8, 4) is 5.75 Å². The summed E-state index contributed by atoms with van der Waals surface area (Å²) in [5, 5.41) is 4.44. The second kappa shape index (κ2) is 6.51. The molecule has 2 nitrogen and oxygen atoms in total. The smallest absolute Gasteiger partial charge is 0.122 e. The Hall–Kier alpha value is -0.900. The van der Waals surface area contributed by atoms with E-state index in [2.05, 4.69) is 21.2 Å². The van der Waals surface area contributed by atoms with Crippen molar-refractivity contribution in [3.63, 3.8) is 0 Å². The summed E-state index contributed by atoms with van der Waals surface area (Å²) in [5.41, 5.74) is 1.90. The summed E-state index contributed by atoms with van der Waals surface area (Å²) in [4.78, 5) is 0. The number of hydrogen-bond donors (Lipinski definition) is 1. The van der Waals surface area contributed by atoms with Crippen molar-refractivity contribution in [2.75, 3.05) is 12.4 Å². The first-order chi connectivity index (χ1) is 9.10. The van der Waals surface area contributed by atoms with E-state index in [0.29, 0.717) is 16.6 Å². The van der Waals surface area contributed by atoms with Crippen LogP contribution in [0.5, 0.6) is 5.75 Å². The largest absolute Gasteiger partial charge is 0.497 e. The van der Waals surface area contributed by atoms with E-state index in [9.17, 15) is 0 Å². The van der Waals surface area contributed by atoms with Crippen molar-refractivity contribution in [1.29, 1.82) is 0 Å². The number of benzene rings is 2. The van der Waals surface area contributed by atoms with Crippen molar-refractivity contribution in [3.05, 3.63) is 56.5 Å². The van der Waals surface area contributed by atoms with Gasteiger partial charge in [-0.05, 0) is 23.8 Å². The second-order valence-corrected chi connectivity index (χ2v) is 5.65. The summed E-state index contributed by atoms with van der Waals surface area (Å²) >= 11 is 15.6. The molecule has 0 saturated carbocycles. The van der Waals surface area contributed by atoms with Gasteiger partial charge < -0.3 is 10.1 Å². The molecular weight excluding hydrogens is 349 g/mol. The van der Waals surface area contributed by atoms with E-state index in [4.69, 9.17) is 27.9 Å². The predicted octanol–water partition coefficient (Wildman–Crippen LogP) is 5.38. The summed E-state index contributed by atoms with van der Waals surface area (Å²) in [6, 6.07) is 11.4. The van der Waals surface area contributed by atoms with Gasteiger partial charge in [0.15, 0.2) is 0 Å². The molecule has 0 aliphatic heterocycles. The lowest BCUT2D eigenvalue weighted by Gasteiger charge is -2.11. The molecule has 0 amide bonds. The van der Waals surface area contributed by atoms with E-state index >= 15 is 0 Å². The van der Waals surface area contributed by atoms with Crippen molar-refractivity contribution in [1.82, 2.24) is 0 Å². The molecule has 0 aromatic heterocycles. The molecule has 0 radical (unpaired) electrons. The van der Waals surface area contributed by atoms with Crippen LogP contribution in [0.2, 0.25) is 10.0 Å². The molecule has 2 aromatic carbocycles. The molecule has 0 unspecified atom stereocenters. The molecule has 2 rings (SSSR count). The Labute approximate surface area is 130 Å². The van der Waals surface area contributed by atoms with Gasteiger partial charge >= 0.3 is 0 Å². The predicted molar refractivity (Wildman–Crippen MR) is 84.5 cm³/mol. The lowest BCUT2D eigenvalue weighted by Crippen LogP contribution is -2.00. The van der Waals surface area contributed by atoms with Crippen molar-refractivity contribution in [2.45, 2.75) is 6.54 Å². The van der Waals surface area contributed by atoms with Gasteiger partial charge in [0.2, 0.25) is 0 Å². The fraction of sp³-hybridized carbons (Fsp3) is 0.143. The summed E-state index contributed by atoms with van der Waals surface area (Å²) in [6.45, 7) is 0.596. The van der Waals surface area contributed by atoms with Crippen molar-refractivity contribution in [2.24, 2.45) is 0 Å². The summed E-state index contributed by atoms with van der Waals surface area (Å²) in [7, 11) is 1.64. The van der Waals surface area contributed by atoms with Crippen LogP contribution in [0.3, 0.4) is 0 Å². The molecule has 0 bridgehead atoms. The number of nitrogens with one attached hydrogen (secondary N) is 1. The fourth-order valence-electron chi connectivity index (χ4n) is 1.66. The Morgan fingerprint density at radius 1 is 1.21 bits per heavy atom. The standard InChI is InChI=1S/C14H12BrCl2NO/c1-19-12-6-10(15)5-11(7-12)18-8-9-3-2-4-13(16)14(9)17/h2-7,18H,8H2,1H3. The SMILES string of the molecule is COc1cc(Br)cc(NCc2cccc(Cl)c2Cl)c1. The molecule has 0 aliphatic carbocycles. The van der Waals surface area contributed by atoms with Gasteiger partial charge in [-0.1, -0.05) is 51.3 Å². The molecule has 19 heavy (non-hydrogen) atoms. The number of hydrogen-bond acceptors (Lipinski definition) is 2. The first-order valence-electron chi connectivity index (χ1n) is 5.61. The second-order valence-electron chi connectivity index (χ2n) is 3.95. The molecule has 2 aromatic rings. The summed E-state index contributed by atoms with van der Waals surface area (Å²) in [5.74, 6) is 0.786. The van der Waals surface area contributed by atoms with E-state index in [0.717, 1.165) is 21.5 Å². The Morgan fingerprint density at radius 2 is 2.00 bits per heavy atom. The number of anilines is 1. The van der Waals surface area contributed by atoms with Crippen LogP contribution in [0.4, 0.5) is 5.69 Å². The quantitative estimate of drug-likeness (QED) is 0.790. The van der Waals surface area contributed by atoms with Crippen LogP contribution in [0.25, 0.3) is 0 Å².